The third-order valence-electron chi connectivity index (χ3n) is 4.14. The molecule has 0 bridgehead atoms. The summed E-state index contributed by atoms with van der Waals surface area (Å²) in [6.07, 6.45) is 1.26. The fourth-order valence-electron chi connectivity index (χ4n) is 2.94. The molecule has 0 amide bonds. The normalized spacial score (nSPS) is 25.3. The number of hydrogen-bond donors (Lipinski definition) is 1. The van der Waals surface area contributed by atoms with E-state index in [2.05, 4.69) is 31.0 Å². The first kappa shape index (κ1) is 15.2. The molecule has 1 atom stereocenters. The van der Waals surface area contributed by atoms with Gasteiger partial charge in [-0.2, -0.15) is 0 Å². The highest BCUT2D eigenvalue weighted by molar-refractivity contribution is 4.85. The van der Waals surface area contributed by atoms with Crippen molar-refractivity contribution in [2.24, 2.45) is 11.3 Å². The maximum absolute atomic E-state index is 5.46. The minimum absolute atomic E-state index is 0.368. The van der Waals surface area contributed by atoms with Gasteiger partial charge in [-0.15, -0.1) is 0 Å². The summed E-state index contributed by atoms with van der Waals surface area (Å²) in [4.78, 5) is 2.59. The molecule has 2 saturated heterocycles. The number of ether oxygens (including phenoxy) is 2. The van der Waals surface area contributed by atoms with Gasteiger partial charge in [0, 0.05) is 37.6 Å². The second-order valence-corrected chi connectivity index (χ2v) is 6.87. The topological polar surface area (TPSA) is 33.7 Å². The first-order valence-electron chi connectivity index (χ1n) is 7.69. The molecule has 2 rings (SSSR count). The lowest BCUT2D eigenvalue weighted by Gasteiger charge is -2.40. The lowest BCUT2D eigenvalue weighted by molar-refractivity contribution is -0.0996. The Hall–Kier alpha value is -0.160. The standard InChI is InChI=1S/C15H30N2O2/c1-13(2)8-14(17-4-6-18-7-5-17)9-16-10-15(3)11-19-12-15/h13-14,16H,4-12H2,1-3H3. The van der Waals surface area contributed by atoms with E-state index in [1.54, 1.807) is 0 Å². The van der Waals surface area contributed by atoms with Crippen LogP contribution in [0.5, 0.6) is 0 Å². The zero-order valence-corrected chi connectivity index (χ0v) is 12.8. The van der Waals surface area contributed by atoms with Gasteiger partial charge < -0.3 is 14.8 Å². The Morgan fingerprint density at radius 3 is 2.37 bits per heavy atom. The van der Waals surface area contributed by atoms with E-state index in [1.165, 1.54) is 6.42 Å². The van der Waals surface area contributed by atoms with Gasteiger partial charge in [0.15, 0.2) is 0 Å². The average molecular weight is 270 g/mol. The molecule has 0 aromatic heterocycles. The van der Waals surface area contributed by atoms with Gasteiger partial charge >= 0.3 is 0 Å². The molecular weight excluding hydrogens is 240 g/mol. The summed E-state index contributed by atoms with van der Waals surface area (Å²) < 4.78 is 10.8. The Labute approximate surface area is 117 Å². The van der Waals surface area contributed by atoms with E-state index in [1.807, 2.05) is 0 Å². The fraction of sp³-hybridized carbons (Fsp3) is 1.00. The maximum atomic E-state index is 5.46. The lowest BCUT2D eigenvalue weighted by atomic mass is 9.88. The minimum Gasteiger partial charge on any atom is -0.380 e. The Bertz CT molecular complexity index is 261. The van der Waals surface area contributed by atoms with Crippen LogP contribution in [0.1, 0.15) is 27.2 Å². The monoisotopic (exact) mass is 270 g/mol. The summed E-state index contributed by atoms with van der Waals surface area (Å²) in [6.45, 7) is 14.9. The summed E-state index contributed by atoms with van der Waals surface area (Å²) in [7, 11) is 0. The third kappa shape index (κ3) is 4.71. The van der Waals surface area contributed by atoms with Gasteiger partial charge in [-0.3, -0.25) is 4.90 Å². The van der Waals surface area contributed by atoms with Gasteiger partial charge in [-0.25, -0.2) is 0 Å². The third-order valence-corrected chi connectivity index (χ3v) is 4.14. The van der Waals surface area contributed by atoms with Crippen LogP contribution in [-0.4, -0.2) is 63.5 Å². The van der Waals surface area contributed by atoms with Crippen molar-refractivity contribution in [3.05, 3.63) is 0 Å². The number of rotatable bonds is 7. The van der Waals surface area contributed by atoms with Crippen LogP contribution in [0.15, 0.2) is 0 Å². The van der Waals surface area contributed by atoms with Crippen LogP contribution < -0.4 is 5.32 Å². The molecule has 4 heteroatoms. The Kier molecular flexibility index (Phi) is 5.63. The Balaban J connectivity index is 1.75. The lowest BCUT2D eigenvalue weighted by Crippen LogP contribution is -2.52. The summed E-state index contributed by atoms with van der Waals surface area (Å²) in [5.74, 6) is 0.747. The molecule has 2 aliphatic heterocycles. The summed E-state index contributed by atoms with van der Waals surface area (Å²) in [6, 6.07) is 0.647. The van der Waals surface area contributed by atoms with Gasteiger partial charge in [0.2, 0.25) is 0 Å². The molecule has 0 spiro atoms. The fourth-order valence-corrected chi connectivity index (χ4v) is 2.94. The van der Waals surface area contributed by atoms with Crippen molar-refractivity contribution in [3.63, 3.8) is 0 Å². The molecule has 0 aromatic carbocycles. The SMILES string of the molecule is CC(C)CC(CNCC1(C)COC1)N1CCOCC1. The molecule has 0 aliphatic carbocycles. The minimum atomic E-state index is 0.368. The number of morpholine rings is 1. The second-order valence-electron chi connectivity index (χ2n) is 6.87. The summed E-state index contributed by atoms with van der Waals surface area (Å²) in [5.41, 5.74) is 0.368. The molecular formula is C15H30N2O2. The average Bonchev–Trinajstić information content (AvgIpc) is 2.36. The predicted octanol–water partition coefficient (Wildman–Crippen LogP) is 1.36. The van der Waals surface area contributed by atoms with Crippen LogP contribution in [0.25, 0.3) is 0 Å². The molecule has 0 radical (unpaired) electrons. The van der Waals surface area contributed by atoms with Gasteiger partial charge in [0.05, 0.1) is 26.4 Å². The number of nitrogens with zero attached hydrogens (tertiary/aromatic N) is 1. The van der Waals surface area contributed by atoms with E-state index in [0.29, 0.717) is 11.5 Å². The van der Waals surface area contributed by atoms with Crippen molar-refractivity contribution in [1.82, 2.24) is 10.2 Å². The van der Waals surface area contributed by atoms with E-state index in [0.717, 1.165) is 58.5 Å². The first-order valence-corrected chi connectivity index (χ1v) is 7.69. The van der Waals surface area contributed by atoms with E-state index in [9.17, 15) is 0 Å². The van der Waals surface area contributed by atoms with Crippen LogP contribution in [0.2, 0.25) is 0 Å². The van der Waals surface area contributed by atoms with Crippen molar-refractivity contribution >= 4 is 0 Å². The highest BCUT2D eigenvalue weighted by atomic mass is 16.5. The van der Waals surface area contributed by atoms with Crippen LogP contribution in [0.4, 0.5) is 0 Å². The predicted molar refractivity (Wildman–Crippen MR) is 77.4 cm³/mol. The number of nitrogens with one attached hydrogen (secondary N) is 1. The van der Waals surface area contributed by atoms with E-state index in [-0.39, 0.29) is 0 Å². The zero-order valence-electron chi connectivity index (χ0n) is 12.8. The zero-order chi connectivity index (χ0) is 13.7. The van der Waals surface area contributed by atoms with Crippen molar-refractivity contribution in [2.75, 3.05) is 52.6 Å². The molecule has 112 valence electrons. The van der Waals surface area contributed by atoms with E-state index >= 15 is 0 Å². The number of hydrogen-bond acceptors (Lipinski definition) is 4. The molecule has 4 nitrogen and oxygen atoms in total. The Morgan fingerprint density at radius 1 is 1.16 bits per heavy atom. The quantitative estimate of drug-likeness (QED) is 0.757. The molecule has 2 heterocycles. The maximum Gasteiger partial charge on any atom is 0.0594 e. The van der Waals surface area contributed by atoms with Gasteiger partial charge in [0.25, 0.3) is 0 Å². The van der Waals surface area contributed by atoms with Crippen molar-refractivity contribution < 1.29 is 9.47 Å². The van der Waals surface area contributed by atoms with Crippen LogP contribution in [-0.2, 0) is 9.47 Å². The molecule has 19 heavy (non-hydrogen) atoms. The smallest absolute Gasteiger partial charge is 0.0594 e. The van der Waals surface area contributed by atoms with Gasteiger partial charge in [0.1, 0.15) is 0 Å². The van der Waals surface area contributed by atoms with Gasteiger partial charge in [-0.05, 0) is 12.3 Å². The molecule has 2 aliphatic rings. The van der Waals surface area contributed by atoms with Crippen molar-refractivity contribution in [3.8, 4) is 0 Å². The van der Waals surface area contributed by atoms with Crippen LogP contribution >= 0.6 is 0 Å². The highest BCUT2D eigenvalue weighted by Crippen LogP contribution is 2.25. The molecule has 1 N–H and O–H groups in total. The van der Waals surface area contributed by atoms with Crippen molar-refractivity contribution in [2.45, 2.75) is 33.2 Å². The molecule has 0 saturated carbocycles. The summed E-state index contributed by atoms with van der Waals surface area (Å²) >= 11 is 0. The second kappa shape index (κ2) is 7.02. The van der Waals surface area contributed by atoms with Crippen LogP contribution in [0.3, 0.4) is 0 Å². The largest absolute Gasteiger partial charge is 0.380 e. The van der Waals surface area contributed by atoms with Crippen LogP contribution in [0, 0.1) is 11.3 Å². The Morgan fingerprint density at radius 2 is 1.84 bits per heavy atom. The van der Waals surface area contributed by atoms with Gasteiger partial charge in [-0.1, -0.05) is 20.8 Å². The highest BCUT2D eigenvalue weighted by Gasteiger charge is 2.33. The van der Waals surface area contributed by atoms with E-state index < -0.39 is 0 Å². The molecule has 0 aromatic rings. The van der Waals surface area contributed by atoms with E-state index in [4.69, 9.17) is 9.47 Å². The summed E-state index contributed by atoms with van der Waals surface area (Å²) in [5, 5.41) is 3.67. The van der Waals surface area contributed by atoms with Crippen molar-refractivity contribution in [1.29, 1.82) is 0 Å². The molecule has 1 unspecified atom stereocenters. The first-order chi connectivity index (χ1) is 9.09. The molecule has 2 fully saturated rings.